The number of hydrogen-bond donors (Lipinski definition) is 1. The van der Waals surface area contributed by atoms with E-state index in [2.05, 4.69) is 9.97 Å². The summed E-state index contributed by atoms with van der Waals surface area (Å²) in [6, 6.07) is 4.83. The molecule has 2 fully saturated rings. The van der Waals surface area contributed by atoms with Gasteiger partial charge in [0.2, 0.25) is 11.9 Å². The molecule has 1 saturated carbocycles. The molecule has 1 aromatic carbocycles. The molecule has 2 N–H and O–H groups in total. The van der Waals surface area contributed by atoms with E-state index in [1.165, 1.54) is 12.3 Å². The minimum Gasteiger partial charge on any atom is -0.368 e. The van der Waals surface area contributed by atoms with Crippen LogP contribution in [0, 0.1) is 5.92 Å². The van der Waals surface area contributed by atoms with Gasteiger partial charge in [-0.05, 0) is 49.8 Å². The summed E-state index contributed by atoms with van der Waals surface area (Å²) in [5, 5.41) is 0. The van der Waals surface area contributed by atoms with Crippen molar-refractivity contribution < 1.29 is 18.0 Å². The molecule has 0 bridgehead atoms. The predicted molar refractivity (Wildman–Crippen MR) is 112 cm³/mol. The molecular weight excluding hydrogens is 405 g/mol. The summed E-state index contributed by atoms with van der Waals surface area (Å²) in [6.45, 7) is 0.631. The Morgan fingerprint density at radius 3 is 2.55 bits per heavy atom. The van der Waals surface area contributed by atoms with Crippen LogP contribution in [0.1, 0.15) is 68.7 Å². The fourth-order valence-electron chi connectivity index (χ4n) is 4.81. The van der Waals surface area contributed by atoms with Gasteiger partial charge in [-0.2, -0.15) is 13.2 Å². The number of halogens is 3. The number of anilines is 1. The van der Waals surface area contributed by atoms with Crippen molar-refractivity contribution in [1.29, 1.82) is 0 Å². The average Bonchev–Trinajstić information content (AvgIpc) is 2.78. The van der Waals surface area contributed by atoms with Crippen molar-refractivity contribution in [3.05, 3.63) is 41.7 Å². The number of carbonyl (C=O) groups excluding carboxylic acids is 1. The van der Waals surface area contributed by atoms with Crippen LogP contribution in [0.25, 0.3) is 11.1 Å². The zero-order valence-electron chi connectivity index (χ0n) is 17.4. The van der Waals surface area contributed by atoms with Crippen molar-refractivity contribution in [2.24, 2.45) is 5.92 Å². The van der Waals surface area contributed by atoms with E-state index < -0.39 is 11.7 Å². The maximum Gasteiger partial charge on any atom is 0.416 e. The van der Waals surface area contributed by atoms with E-state index in [0.29, 0.717) is 29.8 Å². The second kappa shape index (κ2) is 8.85. The molecule has 1 saturated heterocycles. The maximum atomic E-state index is 13.4. The molecule has 0 spiro atoms. The second-order valence-electron chi connectivity index (χ2n) is 8.48. The summed E-state index contributed by atoms with van der Waals surface area (Å²) in [4.78, 5) is 23.7. The molecular formula is C23H27F3N4O. The number of aromatic nitrogens is 2. The van der Waals surface area contributed by atoms with E-state index in [1.54, 1.807) is 6.07 Å². The first kappa shape index (κ1) is 21.6. The number of alkyl halides is 3. The Hall–Kier alpha value is -2.64. The number of likely N-dealkylation sites (tertiary alicyclic amines) is 1. The number of rotatable bonds is 3. The number of piperidine rings is 1. The van der Waals surface area contributed by atoms with Gasteiger partial charge in [-0.3, -0.25) is 4.79 Å². The first-order chi connectivity index (χ1) is 14.8. The summed E-state index contributed by atoms with van der Waals surface area (Å²) in [5.41, 5.74) is 6.55. The van der Waals surface area contributed by atoms with Crippen molar-refractivity contribution in [1.82, 2.24) is 14.9 Å². The lowest BCUT2D eigenvalue weighted by Gasteiger charge is -2.39. The van der Waals surface area contributed by atoms with Gasteiger partial charge in [0.15, 0.2) is 0 Å². The van der Waals surface area contributed by atoms with Crippen LogP contribution in [0.15, 0.2) is 30.5 Å². The highest BCUT2D eigenvalue weighted by Crippen LogP contribution is 2.39. The highest BCUT2D eigenvalue weighted by molar-refractivity contribution is 5.80. The third kappa shape index (κ3) is 4.67. The van der Waals surface area contributed by atoms with Gasteiger partial charge in [0.25, 0.3) is 0 Å². The highest BCUT2D eigenvalue weighted by atomic mass is 19.4. The molecule has 1 aliphatic carbocycles. The molecule has 31 heavy (non-hydrogen) atoms. The lowest BCUT2D eigenvalue weighted by atomic mass is 9.86. The van der Waals surface area contributed by atoms with Gasteiger partial charge in [-0.15, -0.1) is 0 Å². The van der Waals surface area contributed by atoms with Gasteiger partial charge < -0.3 is 10.6 Å². The Bertz CT molecular complexity index is 941. The van der Waals surface area contributed by atoms with Gasteiger partial charge in [0.05, 0.1) is 17.3 Å². The first-order valence-electron chi connectivity index (χ1n) is 10.9. The van der Waals surface area contributed by atoms with Crippen LogP contribution in [-0.2, 0) is 11.0 Å². The van der Waals surface area contributed by atoms with E-state index in [4.69, 9.17) is 5.73 Å². The van der Waals surface area contributed by atoms with E-state index >= 15 is 0 Å². The van der Waals surface area contributed by atoms with Crippen LogP contribution in [0.4, 0.5) is 19.1 Å². The maximum absolute atomic E-state index is 13.4. The fraction of sp³-hybridized carbons (Fsp3) is 0.522. The largest absolute Gasteiger partial charge is 0.416 e. The third-order valence-electron chi connectivity index (χ3n) is 6.39. The molecule has 2 aromatic rings. The van der Waals surface area contributed by atoms with Crippen molar-refractivity contribution in [2.45, 2.75) is 63.6 Å². The number of hydrogen-bond acceptors (Lipinski definition) is 4. The molecule has 2 heterocycles. The predicted octanol–water partition coefficient (Wildman–Crippen LogP) is 5.38. The smallest absolute Gasteiger partial charge is 0.368 e. The monoisotopic (exact) mass is 432 g/mol. The standard InChI is InChI=1S/C23H27F3N4O/c24-23(25,26)17-10-6-9-16(13-17)18-14-28-22(27)29-20(18)19-11-4-5-12-30(19)21(31)15-7-2-1-3-8-15/h6,9-10,13-15,19H,1-5,7-8,11-12H2,(H2,27,28,29). The number of amides is 1. The molecule has 166 valence electrons. The SMILES string of the molecule is Nc1ncc(-c2cccc(C(F)(F)F)c2)c(C2CCCCN2C(=O)C2CCCCC2)n1. The molecule has 5 nitrogen and oxygen atoms in total. The molecule has 8 heteroatoms. The summed E-state index contributed by atoms with van der Waals surface area (Å²) in [7, 11) is 0. The van der Waals surface area contributed by atoms with Crippen LogP contribution in [0.3, 0.4) is 0 Å². The number of nitrogen functional groups attached to an aromatic ring is 1. The van der Waals surface area contributed by atoms with E-state index in [0.717, 1.165) is 57.1 Å². The van der Waals surface area contributed by atoms with Crippen molar-refractivity contribution in [2.75, 3.05) is 12.3 Å². The Morgan fingerprint density at radius 2 is 1.81 bits per heavy atom. The quantitative estimate of drug-likeness (QED) is 0.707. The van der Waals surface area contributed by atoms with Crippen LogP contribution in [0.2, 0.25) is 0 Å². The van der Waals surface area contributed by atoms with E-state index in [9.17, 15) is 18.0 Å². The Kier molecular flexibility index (Phi) is 6.16. The summed E-state index contributed by atoms with van der Waals surface area (Å²) in [5.74, 6) is 0.212. The lowest BCUT2D eigenvalue weighted by Crippen LogP contribution is -2.43. The second-order valence-corrected chi connectivity index (χ2v) is 8.48. The summed E-state index contributed by atoms with van der Waals surface area (Å²) in [6.07, 6.45) is 4.65. The van der Waals surface area contributed by atoms with E-state index in [-0.39, 0.29) is 23.8 Å². The van der Waals surface area contributed by atoms with Gasteiger partial charge in [-0.1, -0.05) is 31.4 Å². The Labute approximate surface area is 179 Å². The lowest BCUT2D eigenvalue weighted by molar-refractivity contribution is -0.140. The number of carbonyl (C=O) groups is 1. The molecule has 0 radical (unpaired) electrons. The molecule has 1 aliphatic heterocycles. The van der Waals surface area contributed by atoms with Crippen LogP contribution < -0.4 is 5.73 Å². The van der Waals surface area contributed by atoms with Crippen molar-refractivity contribution in [3.63, 3.8) is 0 Å². The minimum absolute atomic E-state index is 0.0190. The average molecular weight is 432 g/mol. The number of benzene rings is 1. The third-order valence-corrected chi connectivity index (χ3v) is 6.39. The molecule has 4 rings (SSSR count). The number of nitrogens with two attached hydrogens (primary N) is 1. The topological polar surface area (TPSA) is 72.1 Å². The summed E-state index contributed by atoms with van der Waals surface area (Å²) >= 11 is 0. The zero-order chi connectivity index (χ0) is 22.0. The van der Waals surface area contributed by atoms with Gasteiger partial charge >= 0.3 is 6.18 Å². The summed E-state index contributed by atoms with van der Waals surface area (Å²) < 4.78 is 39.8. The Morgan fingerprint density at radius 1 is 1.06 bits per heavy atom. The van der Waals surface area contributed by atoms with Crippen molar-refractivity contribution >= 4 is 11.9 Å². The first-order valence-corrected chi connectivity index (χ1v) is 10.9. The molecule has 1 unspecified atom stereocenters. The molecule has 1 aromatic heterocycles. The molecule has 2 aliphatic rings. The molecule has 1 atom stereocenters. The normalized spacial score (nSPS) is 20.6. The number of nitrogens with zero attached hydrogens (tertiary/aromatic N) is 3. The zero-order valence-corrected chi connectivity index (χ0v) is 17.4. The van der Waals surface area contributed by atoms with E-state index in [1.807, 2.05) is 4.90 Å². The van der Waals surface area contributed by atoms with Crippen LogP contribution in [-0.4, -0.2) is 27.3 Å². The van der Waals surface area contributed by atoms with Gasteiger partial charge in [-0.25, -0.2) is 9.97 Å². The van der Waals surface area contributed by atoms with Gasteiger partial charge in [0.1, 0.15) is 0 Å². The van der Waals surface area contributed by atoms with Crippen molar-refractivity contribution in [3.8, 4) is 11.1 Å². The minimum atomic E-state index is -4.45. The Balaban J connectivity index is 1.73. The fourth-order valence-corrected chi connectivity index (χ4v) is 4.81. The highest BCUT2D eigenvalue weighted by Gasteiger charge is 2.36. The molecule has 1 amide bonds. The van der Waals surface area contributed by atoms with Crippen LogP contribution >= 0.6 is 0 Å². The van der Waals surface area contributed by atoms with Gasteiger partial charge in [0, 0.05) is 24.2 Å². The van der Waals surface area contributed by atoms with Crippen LogP contribution in [0.5, 0.6) is 0 Å².